The molecule has 0 amide bonds. The summed E-state index contributed by atoms with van der Waals surface area (Å²) in [4.78, 5) is 7.19. The third-order valence-electron chi connectivity index (χ3n) is 4.47. The molecule has 108 valence electrons. The van der Waals surface area contributed by atoms with Gasteiger partial charge in [-0.2, -0.15) is 0 Å². The molecule has 3 heterocycles. The Morgan fingerprint density at radius 3 is 2.70 bits per heavy atom. The van der Waals surface area contributed by atoms with Crippen molar-refractivity contribution in [3.8, 4) is 0 Å². The van der Waals surface area contributed by atoms with E-state index in [-0.39, 0.29) is 0 Å². The Morgan fingerprint density at radius 2 is 2.05 bits per heavy atom. The third kappa shape index (κ3) is 2.40. The van der Waals surface area contributed by atoms with Crippen molar-refractivity contribution in [1.29, 1.82) is 0 Å². The van der Waals surface area contributed by atoms with Gasteiger partial charge in [0.15, 0.2) is 0 Å². The number of fused-ring (bicyclic) bond motifs is 1. The molecule has 4 nitrogen and oxygen atoms in total. The van der Waals surface area contributed by atoms with Gasteiger partial charge in [-0.3, -0.25) is 0 Å². The molecule has 1 aliphatic heterocycles. The van der Waals surface area contributed by atoms with E-state index in [0.717, 1.165) is 11.3 Å². The van der Waals surface area contributed by atoms with Gasteiger partial charge in [-0.25, -0.2) is 4.98 Å². The first kappa shape index (κ1) is 13.4. The second-order valence-corrected chi connectivity index (χ2v) is 5.97. The number of hydrogen-bond acceptors (Lipinski definition) is 3. The van der Waals surface area contributed by atoms with Crippen LogP contribution in [-0.2, 0) is 0 Å². The second-order valence-electron chi connectivity index (χ2n) is 5.97. The average Bonchev–Trinajstić information content (AvgIpc) is 2.90. The summed E-state index contributed by atoms with van der Waals surface area (Å²) in [6.45, 7) is 6.95. The first-order valence-electron chi connectivity index (χ1n) is 7.57. The van der Waals surface area contributed by atoms with Gasteiger partial charge in [0.1, 0.15) is 5.65 Å². The SMILES string of the molecule is CNc1cnc2c(ccn2C2CCN(C(C)C)CC2)c1. The van der Waals surface area contributed by atoms with E-state index in [1.807, 2.05) is 13.2 Å². The Kier molecular flexibility index (Phi) is 3.66. The molecule has 3 rings (SSSR count). The molecule has 0 spiro atoms. The average molecular weight is 272 g/mol. The number of piperidine rings is 1. The van der Waals surface area contributed by atoms with Crippen molar-refractivity contribution in [3.63, 3.8) is 0 Å². The molecule has 4 heteroatoms. The van der Waals surface area contributed by atoms with E-state index >= 15 is 0 Å². The molecule has 0 aromatic carbocycles. The lowest BCUT2D eigenvalue weighted by molar-refractivity contribution is 0.153. The summed E-state index contributed by atoms with van der Waals surface area (Å²) in [5.41, 5.74) is 2.19. The van der Waals surface area contributed by atoms with Crippen LogP contribution in [-0.4, -0.2) is 40.6 Å². The fourth-order valence-electron chi connectivity index (χ4n) is 3.16. The van der Waals surface area contributed by atoms with Crippen LogP contribution in [0.2, 0.25) is 0 Å². The highest BCUT2D eigenvalue weighted by atomic mass is 15.2. The Labute approximate surface area is 120 Å². The van der Waals surface area contributed by atoms with Crippen molar-refractivity contribution in [2.45, 2.75) is 38.8 Å². The van der Waals surface area contributed by atoms with Gasteiger partial charge in [0.2, 0.25) is 0 Å². The zero-order chi connectivity index (χ0) is 14.1. The van der Waals surface area contributed by atoms with Gasteiger partial charge in [0.25, 0.3) is 0 Å². The quantitative estimate of drug-likeness (QED) is 0.932. The van der Waals surface area contributed by atoms with Gasteiger partial charge in [-0.1, -0.05) is 0 Å². The highest BCUT2D eigenvalue weighted by Gasteiger charge is 2.22. The number of rotatable bonds is 3. The minimum absolute atomic E-state index is 0.593. The number of likely N-dealkylation sites (tertiary alicyclic amines) is 1. The Balaban J connectivity index is 1.81. The maximum absolute atomic E-state index is 4.63. The molecule has 20 heavy (non-hydrogen) atoms. The summed E-state index contributed by atoms with van der Waals surface area (Å²) < 4.78 is 2.37. The predicted molar refractivity (Wildman–Crippen MR) is 84.3 cm³/mol. The summed E-state index contributed by atoms with van der Waals surface area (Å²) >= 11 is 0. The Morgan fingerprint density at radius 1 is 1.30 bits per heavy atom. The van der Waals surface area contributed by atoms with E-state index in [1.165, 1.54) is 31.3 Å². The number of pyridine rings is 1. The lowest BCUT2D eigenvalue weighted by atomic mass is 10.0. The lowest BCUT2D eigenvalue weighted by Crippen LogP contribution is -2.38. The number of hydrogen-bond donors (Lipinski definition) is 1. The molecule has 1 fully saturated rings. The molecule has 0 atom stereocenters. The molecule has 0 aliphatic carbocycles. The smallest absolute Gasteiger partial charge is 0.140 e. The largest absolute Gasteiger partial charge is 0.387 e. The minimum atomic E-state index is 0.593. The van der Waals surface area contributed by atoms with E-state index in [4.69, 9.17) is 0 Å². The fourth-order valence-corrected chi connectivity index (χ4v) is 3.16. The molecule has 2 aromatic rings. The predicted octanol–water partition coefficient (Wildman–Crippen LogP) is 3.12. The van der Waals surface area contributed by atoms with Crippen molar-refractivity contribution in [1.82, 2.24) is 14.5 Å². The van der Waals surface area contributed by atoms with Crippen LogP contribution < -0.4 is 5.32 Å². The van der Waals surface area contributed by atoms with E-state index < -0.39 is 0 Å². The summed E-state index contributed by atoms with van der Waals surface area (Å²) in [6, 6.07) is 5.60. The van der Waals surface area contributed by atoms with Gasteiger partial charge in [-0.15, -0.1) is 0 Å². The summed E-state index contributed by atoms with van der Waals surface area (Å²) in [6.07, 6.45) is 6.56. The van der Waals surface area contributed by atoms with Crippen LogP contribution in [0.15, 0.2) is 24.5 Å². The third-order valence-corrected chi connectivity index (χ3v) is 4.47. The summed E-state index contributed by atoms with van der Waals surface area (Å²) in [5.74, 6) is 0. The normalized spacial score (nSPS) is 18.0. The van der Waals surface area contributed by atoms with Crippen LogP contribution >= 0.6 is 0 Å². The van der Waals surface area contributed by atoms with Gasteiger partial charge in [-0.05, 0) is 38.8 Å². The van der Waals surface area contributed by atoms with E-state index in [9.17, 15) is 0 Å². The van der Waals surface area contributed by atoms with Crippen LogP contribution in [0.25, 0.3) is 11.0 Å². The van der Waals surface area contributed by atoms with Crippen molar-refractivity contribution in [2.75, 3.05) is 25.5 Å². The molecule has 0 unspecified atom stereocenters. The van der Waals surface area contributed by atoms with Crippen molar-refractivity contribution >= 4 is 16.7 Å². The topological polar surface area (TPSA) is 33.1 Å². The van der Waals surface area contributed by atoms with Crippen molar-refractivity contribution < 1.29 is 0 Å². The summed E-state index contributed by atoms with van der Waals surface area (Å²) in [7, 11) is 1.93. The van der Waals surface area contributed by atoms with Crippen LogP contribution in [0.5, 0.6) is 0 Å². The Hall–Kier alpha value is -1.55. The number of nitrogens with zero attached hydrogens (tertiary/aromatic N) is 3. The maximum Gasteiger partial charge on any atom is 0.140 e. The maximum atomic E-state index is 4.63. The number of aromatic nitrogens is 2. The van der Waals surface area contributed by atoms with Crippen molar-refractivity contribution in [2.24, 2.45) is 0 Å². The molecule has 0 radical (unpaired) electrons. The highest BCUT2D eigenvalue weighted by Crippen LogP contribution is 2.28. The molecule has 0 saturated carbocycles. The Bertz CT molecular complexity index is 579. The highest BCUT2D eigenvalue weighted by molar-refractivity contribution is 5.79. The molecule has 1 aliphatic rings. The summed E-state index contributed by atoms with van der Waals surface area (Å²) in [5, 5.41) is 4.37. The first-order chi connectivity index (χ1) is 9.69. The lowest BCUT2D eigenvalue weighted by Gasteiger charge is -2.35. The molecule has 1 N–H and O–H groups in total. The van der Waals surface area contributed by atoms with E-state index in [0.29, 0.717) is 12.1 Å². The molecule has 2 aromatic heterocycles. The van der Waals surface area contributed by atoms with Gasteiger partial charge in [0.05, 0.1) is 11.9 Å². The number of anilines is 1. The van der Waals surface area contributed by atoms with E-state index in [1.54, 1.807) is 0 Å². The van der Waals surface area contributed by atoms with Gasteiger partial charge >= 0.3 is 0 Å². The molecular formula is C16H24N4. The number of nitrogens with one attached hydrogen (secondary N) is 1. The molecule has 0 bridgehead atoms. The zero-order valence-electron chi connectivity index (χ0n) is 12.6. The molecule has 1 saturated heterocycles. The standard InChI is InChI=1S/C16H24N4/c1-12(2)19-7-5-15(6-8-19)20-9-4-13-10-14(17-3)11-18-16(13)20/h4,9-12,15,17H,5-8H2,1-3H3. The van der Waals surface area contributed by atoms with Crippen LogP contribution in [0.3, 0.4) is 0 Å². The van der Waals surface area contributed by atoms with Gasteiger partial charge in [0, 0.05) is 43.8 Å². The van der Waals surface area contributed by atoms with E-state index in [2.05, 4.69) is 51.9 Å². The minimum Gasteiger partial charge on any atom is -0.387 e. The first-order valence-corrected chi connectivity index (χ1v) is 7.57. The van der Waals surface area contributed by atoms with Crippen LogP contribution in [0.4, 0.5) is 5.69 Å². The van der Waals surface area contributed by atoms with Crippen LogP contribution in [0, 0.1) is 0 Å². The fraction of sp³-hybridized carbons (Fsp3) is 0.562. The second kappa shape index (κ2) is 5.44. The zero-order valence-corrected chi connectivity index (χ0v) is 12.6. The molecular weight excluding hydrogens is 248 g/mol. The monoisotopic (exact) mass is 272 g/mol. The van der Waals surface area contributed by atoms with Gasteiger partial charge < -0.3 is 14.8 Å². The van der Waals surface area contributed by atoms with Crippen molar-refractivity contribution in [3.05, 3.63) is 24.5 Å². The van der Waals surface area contributed by atoms with Crippen LogP contribution in [0.1, 0.15) is 32.7 Å².